The van der Waals surface area contributed by atoms with Gasteiger partial charge in [0.1, 0.15) is 11.9 Å². The van der Waals surface area contributed by atoms with E-state index in [-0.39, 0.29) is 0 Å². The van der Waals surface area contributed by atoms with Gasteiger partial charge in [0.05, 0.1) is 4.88 Å². The van der Waals surface area contributed by atoms with E-state index in [1.807, 2.05) is 22.2 Å². The maximum atomic E-state index is 10.3. The first-order valence-electron chi connectivity index (χ1n) is 5.16. The van der Waals surface area contributed by atoms with E-state index in [9.17, 15) is 5.11 Å². The van der Waals surface area contributed by atoms with Crippen LogP contribution in [0.1, 0.15) is 30.2 Å². The molecule has 0 spiro atoms. The molecule has 2 heterocycles. The molecular formula is C11H13BrN2OS. The molecule has 5 heteroatoms. The van der Waals surface area contributed by atoms with E-state index in [4.69, 9.17) is 0 Å². The zero-order valence-corrected chi connectivity index (χ0v) is 11.3. The molecule has 86 valence electrons. The Bertz CT molecular complexity index is 466. The van der Waals surface area contributed by atoms with Gasteiger partial charge in [-0.15, -0.1) is 11.3 Å². The van der Waals surface area contributed by atoms with Crippen LogP contribution in [-0.2, 0) is 6.54 Å². The number of aromatic nitrogens is 2. The van der Waals surface area contributed by atoms with Crippen LogP contribution >= 0.6 is 27.3 Å². The fourth-order valence-corrected chi connectivity index (χ4v) is 3.19. The van der Waals surface area contributed by atoms with Crippen molar-refractivity contribution in [3.05, 3.63) is 39.0 Å². The van der Waals surface area contributed by atoms with E-state index in [2.05, 4.69) is 27.8 Å². The van der Waals surface area contributed by atoms with Crippen molar-refractivity contribution in [2.75, 3.05) is 0 Å². The second-order valence-corrected chi connectivity index (χ2v) is 5.32. The van der Waals surface area contributed by atoms with Crippen molar-refractivity contribution in [2.24, 2.45) is 0 Å². The number of aliphatic hydroxyl groups excluding tert-OH is 1. The Kier molecular flexibility index (Phi) is 3.78. The number of halogens is 1. The predicted octanol–water partition coefficient (Wildman–Crippen LogP) is 3.20. The van der Waals surface area contributed by atoms with Gasteiger partial charge in [-0.3, -0.25) is 0 Å². The molecule has 16 heavy (non-hydrogen) atoms. The minimum absolute atomic E-state index is 0.643. The fraction of sp³-hybridized carbons (Fsp3) is 0.364. The molecule has 0 aromatic carbocycles. The molecule has 0 saturated carbocycles. The van der Waals surface area contributed by atoms with Gasteiger partial charge in [-0.05, 0) is 33.8 Å². The molecule has 2 aromatic heterocycles. The Morgan fingerprint density at radius 2 is 2.44 bits per heavy atom. The van der Waals surface area contributed by atoms with Crippen molar-refractivity contribution in [3.63, 3.8) is 0 Å². The van der Waals surface area contributed by atoms with Crippen LogP contribution < -0.4 is 0 Å². The van der Waals surface area contributed by atoms with Crippen LogP contribution in [0.25, 0.3) is 0 Å². The van der Waals surface area contributed by atoms with Gasteiger partial charge in [-0.25, -0.2) is 4.98 Å². The van der Waals surface area contributed by atoms with Crippen LogP contribution in [-0.4, -0.2) is 14.7 Å². The fourth-order valence-electron chi connectivity index (χ4n) is 1.62. The number of hydrogen-bond acceptors (Lipinski definition) is 3. The molecule has 1 N–H and O–H groups in total. The average Bonchev–Trinajstić information content (AvgIpc) is 2.87. The molecule has 0 radical (unpaired) electrons. The Balaban J connectivity index is 2.30. The highest BCUT2D eigenvalue weighted by Crippen LogP contribution is 2.32. The summed E-state index contributed by atoms with van der Waals surface area (Å²) in [5.41, 5.74) is 0. The van der Waals surface area contributed by atoms with Gasteiger partial charge < -0.3 is 9.67 Å². The van der Waals surface area contributed by atoms with Crippen molar-refractivity contribution < 1.29 is 5.11 Å². The summed E-state index contributed by atoms with van der Waals surface area (Å²) in [7, 11) is 0. The Morgan fingerprint density at radius 3 is 3.06 bits per heavy atom. The summed E-state index contributed by atoms with van der Waals surface area (Å²) in [5.74, 6) is 0.713. The summed E-state index contributed by atoms with van der Waals surface area (Å²) < 4.78 is 2.94. The molecule has 0 aliphatic carbocycles. The van der Waals surface area contributed by atoms with Crippen molar-refractivity contribution in [3.8, 4) is 0 Å². The molecule has 0 saturated heterocycles. The Morgan fingerprint density at radius 1 is 1.62 bits per heavy atom. The van der Waals surface area contributed by atoms with Gasteiger partial charge in [-0.2, -0.15) is 0 Å². The summed E-state index contributed by atoms with van der Waals surface area (Å²) in [5, 5.41) is 12.2. The minimum Gasteiger partial charge on any atom is -0.379 e. The zero-order valence-electron chi connectivity index (χ0n) is 8.93. The molecule has 0 aliphatic rings. The third-order valence-electron chi connectivity index (χ3n) is 2.35. The quantitative estimate of drug-likeness (QED) is 0.941. The summed E-state index contributed by atoms with van der Waals surface area (Å²) in [4.78, 5) is 5.14. The normalized spacial score (nSPS) is 12.9. The van der Waals surface area contributed by atoms with Gasteiger partial charge in [0, 0.05) is 23.4 Å². The first-order valence-corrected chi connectivity index (χ1v) is 6.83. The topological polar surface area (TPSA) is 38.0 Å². The van der Waals surface area contributed by atoms with Crippen molar-refractivity contribution >= 4 is 27.3 Å². The second kappa shape index (κ2) is 5.12. The summed E-state index contributed by atoms with van der Waals surface area (Å²) in [6, 6.07) is 1.94. The van der Waals surface area contributed by atoms with Gasteiger partial charge in [0.2, 0.25) is 0 Å². The number of aliphatic hydroxyl groups is 1. The highest BCUT2D eigenvalue weighted by atomic mass is 79.9. The zero-order chi connectivity index (χ0) is 11.5. The van der Waals surface area contributed by atoms with E-state index in [1.54, 1.807) is 6.20 Å². The average molecular weight is 301 g/mol. The number of aryl methyl sites for hydroxylation is 1. The van der Waals surface area contributed by atoms with Gasteiger partial charge >= 0.3 is 0 Å². The van der Waals surface area contributed by atoms with Gasteiger partial charge in [-0.1, -0.05) is 6.92 Å². The summed E-state index contributed by atoms with van der Waals surface area (Å²) >= 11 is 4.96. The maximum Gasteiger partial charge on any atom is 0.147 e. The number of imidazole rings is 1. The lowest BCUT2D eigenvalue weighted by Gasteiger charge is -2.11. The second-order valence-electron chi connectivity index (χ2n) is 3.51. The van der Waals surface area contributed by atoms with Crippen LogP contribution in [0.15, 0.2) is 28.3 Å². The number of hydrogen-bond donors (Lipinski definition) is 1. The van der Waals surface area contributed by atoms with Gasteiger partial charge in [0.15, 0.2) is 0 Å². The van der Waals surface area contributed by atoms with Crippen LogP contribution in [0.4, 0.5) is 0 Å². The lowest BCUT2D eigenvalue weighted by Crippen LogP contribution is -2.08. The Hall–Kier alpha value is -0.650. The van der Waals surface area contributed by atoms with Crippen molar-refractivity contribution in [1.29, 1.82) is 0 Å². The molecule has 2 aromatic rings. The van der Waals surface area contributed by atoms with E-state index in [0.717, 1.165) is 22.3 Å². The van der Waals surface area contributed by atoms with Crippen LogP contribution in [0.3, 0.4) is 0 Å². The smallest absolute Gasteiger partial charge is 0.147 e. The first kappa shape index (κ1) is 11.8. The summed E-state index contributed by atoms with van der Waals surface area (Å²) in [6.07, 6.45) is 4.02. The standard InChI is InChI=1S/C11H13BrN2OS/c1-2-5-14-6-4-13-11(14)9(15)10-8(12)3-7-16-10/h3-4,6-7,9,15H,2,5H2,1H3. The minimum atomic E-state index is -0.643. The molecule has 1 atom stereocenters. The number of nitrogens with zero attached hydrogens (tertiary/aromatic N) is 2. The molecular weight excluding hydrogens is 288 g/mol. The highest BCUT2D eigenvalue weighted by Gasteiger charge is 2.19. The predicted molar refractivity (Wildman–Crippen MR) is 68.6 cm³/mol. The van der Waals surface area contributed by atoms with E-state index in [1.165, 1.54) is 11.3 Å². The molecule has 2 rings (SSSR count). The molecule has 0 bridgehead atoms. The van der Waals surface area contributed by atoms with Crippen molar-refractivity contribution in [1.82, 2.24) is 9.55 Å². The number of thiophene rings is 1. The lowest BCUT2D eigenvalue weighted by atomic mass is 10.2. The highest BCUT2D eigenvalue weighted by molar-refractivity contribution is 9.10. The van der Waals surface area contributed by atoms with Crippen LogP contribution in [0, 0.1) is 0 Å². The molecule has 0 aliphatic heterocycles. The van der Waals surface area contributed by atoms with Crippen LogP contribution in [0.2, 0.25) is 0 Å². The summed E-state index contributed by atoms with van der Waals surface area (Å²) in [6.45, 7) is 2.99. The first-order chi connectivity index (χ1) is 7.74. The maximum absolute atomic E-state index is 10.3. The van der Waals surface area contributed by atoms with Crippen molar-refractivity contribution in [2.45, 2.75) is 26.0 Å². The van der Waals surface area contributed by atoms with E-state index >= 15 is 0 Å². The number of rotatable bonds is 4. The van der Waals surface area contributed by atoms with Crippen LogP contribution in [0.5, 0.6) is 0 Å². The molecule has 3 nitrogen and oxygen atoms in total. The molecule has 0 amide bonds. The van der Waals surface area contributed by atoms with E-state index in [0.29, 0.717) is 5.82 Å². The molecule has 0 fully saturated rings. The van der Waals surface area contributed by atoms with Gasteiger partial charge in [0.25, 0.3) is 0 Å². The monoisotopic (exact) mass is 300 g/mol. The largest absolute Gasteiger partial charge is 0.379 e. The molecule has 1 unspecified atom stereocenters. The SMILES string of the molecule is CCCn1ccnc1C(O)c1sccc1Br. The lowest BCUT2D eigenvalue weighted by molar-refractivity contribution is 0.207. The van der Waals surface area contributed by atoms with E-state index < -0.39 is 6.10 Å². The third-order valence-corrected chi connectivity index (χ3v) is 4.27. The third kappa shape index (κ3) is 2.21. The Labute approximate surface area is 107 Å².